The zero-order valence-corrected chi connectivity index (χ0v) is 11.7. The average molecular weight is 246 g/mol. The van der Waals surface area contributed by atoms with Gasteiger partial charge in [0.1, 0.15) is 0 Å². The van der Waals surface area contributed by atoms with Gasteiger partial charge in [0.15, 0.2) is 0 Å². The van der Waals surface area contributed by atoms with E-state index in [0.29, 0.717) is 0 Å². The van der Waals surface area contributed by atoms with Crippen molar-refractivity contribution in [2.24, 2.45) is 11.7 Å². The van der Waals surface area contributed by atoms with Gasteiger partial charge in [-0.2, -0.15) is 0 Å². The Hall–Kier alpha value is -0.860. The Morgan fingerprint density at radius 1 is 1.22 bits per heavy atom. The summed E-state index contributed by atoms with van der Waals surface area (Å²) >= 11 is 0. The second kappa shape index (κ2) is 6.35. The summed E-state index contributed by atoms with van der Waals surface area (Å²) in [6.07, 6.45) is 4.00. The molecule has 2 nitrogen and oxygen atoms in total. The molecule has 0 aliphatic heterocycles. The number of nitrogens with two attached hydrogens (primary N) is 1. The van der Waals surface area contributed by atoms with Gasteiger partial charge in [-0.05, 0) is 37.3 Å². The summed E-state index contributed by atoms with van der Waals surface area (Å²) in [5, 5.41) is 0. The molecule has 1 unspecified atom stereocenters. The molecule has 2 heteroatoms. The molecule has 0 amide bonds. The van der Waals surface area contributed by atoms with Crippen molar-refractivity contribution in [3.05, 3.63) is 35.9 Å². The van der Waals surface area contributed by atoms with Gasteiger partial charge < -0.3 is 5.73 Å². The lowest BCUT2D eigenvalue weighted by atomic mass is 10.1. The molecule has 0 heterocycles. The van der Waals surface area contributed by atoms with Gasteiger partial charge in [-0.1, -0.05) is 44.2 Å². The number of benzene rings is 1. The molecular formula is C16H26N2. The zero-order valence-electron chi connectivity index (χ0n) is 11.7. The Bertz CT molecular complexity index is 343. The van der Waals surface area contributed by atoms with E-state index in [-0.39, 0.29) is 6.04 Å². The summed E-state index contributed by atoms with van der Waals surface area (Å²) in [5.74, 6) is 0.777. The van der Waals surface area contributed by atoms with E-state index >= 15 is 0 Å². The maximum Gasteiger partial charge on any atom is 0.0424 e. The first-order valence-corrected chi connectivity index (χ1v) is 7.21. The first-order chi connectivity index (χ1) is 8.66. The van der Waals surface area contributed by atoms with E-state index in [9.17, 15) is 0 Å². The molecule has 18 heavy (non-hydrogen) atoms. The molecule has 0 aromatic heterocycles. The summed E-state index contributed by atoms with van der Waals surface area (Å²) in [7, 11) is 0. The lowest BCUT2D eigenvalue weighted by molar-refractivity contribution is 0.233. The Morgan fingerprint density at radius 3 is 2.44 bits per heavy atom. The summed E-state index contributed by atoms with van der Waals surface area (Å²) in [6, 6.07) is 11.4. The SMILES string of the molecule is CC(C)CCN(CC(N)c1ccccc1)C1CC1. The quantitative estimate of drug-likeness (QED) is 0.800. The van der Waals surface area contributed by atoms with Crippen molar-refractivity contribution in [2.45, 2.75) is 45.2 Å². The highest BCUT2D eigenvalue weighted by Crippen LogP contribution is 2.28. The van der Waals surface area contributed by atoms with Gasteiger partial charge in [0.25, 0.3) is 0 Å². The van der Waals surface area contributed by atoms with Crippen LogP contribution in [0.5, 0.6) is 0 Å². The van der Waals surface area contributed by atoms with E-state index in [4.69, 9.17) is 5.73 Å². The van der Waals surface area contributed by atoms with Gasteiger partial charge in [-0.3, -0.25) is 4.90 Å². The summed E-state index contributed by atoms with van der Waals surface area (Å²) in [4.78, 5) is 2.59. The van der Waals surface area contributed by atoms with Crippen molar-refractivity contribution >= 4 is 0 Å². The summed E-state index contributed by atoms with van der Waals surface area (Å²) < 4.78 is 0. The molecule has 1 fully saturated rings. The van der Waals surface area contributed by atoms with E-state index < -0.39 is 0 Å². The van der Waals surface area contributed by atoms with Crippen LogP contribution in [0, 0.1) is 5.92 Å². The molecule has 2 rings (SSSR count). The number of hydrogen-bond acceptors (Lipinski definition) is 2. The van der Waals surface area contributed by atoms with E-state index in [2.05, 4.69) is 43.0 Å². The van der Waals surface area contributed by atoms with Gasteiger partial charge in [-0.25, -0.2) is 0 Å². The Labute approximate surface area is 111 Å². The van der Waals surface area contributed by atoms with Crippen LogP contribution in [0.15, 0.2) is 30.3 Å². The van der Waals surface area contributed by atoms with Crippen molar-refractivity contribution in [1.29, 1.82) is 0 Å². The van der Waals surface area contributed by atoms with Crippen LogP contribution in [-0.2, 0) is 0 Å². The fourth-order valence-electron chi connectivity index (χ4n) is 2.34. The first kappa shape index (κ1) is 13.6. The molecule has 100 valence electrons. The molecule has 0 bridgehead atoms. The molecule has 0 spiro atoms. The highest BCUT2D eigenvalue weighted by Gasteiger charge is 2.29. The van der Waals surface area contributed by atoms with Crippen LogP contribution in [-0.4, -0.2) is 24.0 Å². The first-order valence-electron chi connectivity index (χ1n) is 7.21. The van der Waals surface area contributed by atoms with Crippen LogP contribution in [0.25, 0.3) is 0 Å². The molecule has 2 N–H and O–H groups in total. The zero-order chi connectivity index (χ0) is 13.0. The minimum absolute atomic E-state index is 0.152. The average Bonchev–Trinajstić information content (AvgIpc) is 3.19. The standard InChI is InChI=1S/C16H26N2/c1-13(2)10-11-18(15-8-9-15)12-16(17)14-6-4-3-5-7-14/h3-7,13,15-16H,8-12,17H2,1-2H3. The molecule has 1 atom stereocenters. The van der Waals surface area contributed by atoms with Crippen molar-refractivity contribution in [3.63, 3.8) is 0 Å². The van der Waals surface area contributed by atoms with Crippen LogP contribution in [0.3, 0.4) is 0 Å². The fraction of sp³-hybridized carbons (Fsp3) is 0.625. The molecular weight excluding hydrogens is 220 g/mol. The van der Waals surface area contributed by atoms with Crippen molar-refractivity contribution in [1.82, 2.24) is 4.90 Å². The van der Waals surface area contributed by atoms with Crippen LogP contribution < -0.4 is 5.73 Å². The normalized spacial score (nSPS) is 17.4. The predicted molar refractivity (Wildman–Crippen MR) is 77.4 cm³/mol. The van der Waals surface area contributed by atoms with Crippen LogP contribution >= 0.6 is 0 Å². The van der Waals surface area contributed by atoms with Crippen LogP contribution in [0.2, 0.25) is 0 Å². The molecule has 1 aliphatic carbocycles. The van der Waals surface area contributed by atoms with Gasteiger partial charge in [-0.15, -0.1) is 0 Å². The Balaban J connectivity index is 1.88. The topological polar surface area (TPSA) is 29.3 Å². The molecule has 1 aromatic rings. The van der Waals surface area contributed by atoms with Crippen LogP contribution in [0.4, 0.5) is 0 Å². The maximum atomic E-state index is 6.33. The van der Waals surface area contributed by atoms with E-state index in [0.717, 1.165) is 18.5 Å². The minimum atomic E-state index is 0.152. The molecule has 1 saturated carbocycles. The second-order valence-electron chi connectivity index (χ2n) is 5.93. The van der Waals surface area contributed by atoms with Gasteiger partial charge in [0.05, 0.1) is 0 Å². The van der Waals surface area contributed by atoms with Crippen molar-refractivity contribution in [3.8, 4) is 0 Å². The van der Waals surface area contributed by atoms with Gasteiger partial charge in [0, 0.05) is 18.6 Å². The minimum Gasteiger partial charge on any atom is -0.323 e. The predicted octanol–water partition coefficient (Wildman–Crippen LogP) is 3.20. The largest absolute Gasteiger partial charge is 0.323 e. The summed E-state index contributed by atoms with van der Waals surface area (Å²) in [5.41, 5.74) is 7.58. The van der Waals surface area contributed by atoms with Crippen LogP contribution in [0.1, 0.15) is 44.7 Å². The van der Waals surface area contributed by atoms with Gasteiger partial charge in [0.2, 0.25) is 0 Å². The molecule has 0 saturated heterocycles. The van der Waals surface area contributed by atoms with E-state index in [1.807, 2.05) is 6.07 Å². The van der Waals surface area contributed by atoms with E-state index in [1.165, 1.54) is 31.4 Å². The summed E-state index contributed by atoms with van der Waals surface area (Å²) in [6.45, 7) is 6.79. The highest BCUT2D eigenvalue weighted by molar-refractivity contribution is 5.18. The number of nitrogens with zero attached hydrogens (tertiary/aromatic N) is 1. The van der Waals surface area contributed by atoms with Crippen molar-refractivity contribution in [2.75, 3.05) is 13.1 Å². The number of rotatable bonds is 7. The highest BCUT2D eigenvalue weighted by atomic mass is 15.2. The maximum absolute atomic E-state index is 6.33. The Morgan fingerprint density at radius 2 is 1.89 bits per heavy atom. The Kier molecular flexibility index (Phi) is 4.79. The third kappa shape index (κ3) is 4.11. The smallest absolute Gasteiger partial charge is 0.0424 e. The fourth-order valence-corrected chi connectivity index (χ4v) is 2.34. The van der Waals surface area contributed by atoms with E-state index in [1.54, 1.807) is 0 Å². The molecule has 0 radical (unpaired) electrons. The number of hydrogen-bond donors (Lipinski definition) is 1. The third-order valence-corrected chi connectivity index (χ3v) is 3.72. The second-order valence-corrected chi connectivity index (χ2v) is 5.93. The van der Waals surface area contributed by atoms with Gasteiger partial charge >= 0.3 is 0 Å². The lowest BCUT2D eigenvalue weighted by Gasteiger charge is -2.26. The molecule has 1 aromatic carbocycles. The monoisotopic (exact) mass is 246 g/mol. The lowest BCUT2D eigenvalue weighted by Crippen LogP contribution is -2.35. The van der Waals surface area contributed by atoms with Crippen molar-refractivity contribution < 1.29 is 0 Å². The molecule has 1 aliphatic rings. The third-order valence-electron chi connectivity index (χ3n) is 3.72.